The zero-order valence-electron chi connectivity index (χ0n) is 16.7. The number of hydrogen-bond donors (Lipinski definition) is 2. The first kappa shape index (κ1) is 21.6. The van der Waals surface area contributed by atoms with Crippen molar-refractivity contribution < 1.29 is 10.2 Å². The first-order valence-corrected chi connectivity index (χ1v) is 9.84. The monoisotopic (exact) mass is 435 g/mol. The van der Waals surface area contributed by atoms with E-state index in [9.17, 15) is 10.2 Å². The van der Waals surface area contributed by atoms with Gasteiger partial charge in [0.25, 0.3) is 0 Å². The van der Waals surface area contributed by atoms with E-state index >= 15 is 0 Å². The van der Waals surface area contributed by atoms with Crippen molar-refractivity contribution in [2.45, 2.75) is 38.9 Å². The SMILES string of the molecule is CC(C)(O)CN(CC(C)(C)O)c1nc(Cl)nc2nc(Cl)c(-c3ccccc3)nc12. The van der Waals surface area contributed by atoms with Gasteiger partial charge in [-0.1, -0.05) is 41.9 Å². The zero-order chi connectivity index (χ0) is 21.4. The molecule has 0 aliphatic heterocycles. The van der Waals surface area contributed by atoms with Crippen LogP contribution in [0.15, 0.2) is 30.3 Å². The lowest BCUT2D eigenvalue weighted by Gasteiger charge is -2.34. The maximum absolute atomic E-state index is 10.4. The third kappa shape index (κ3) is 5.51. The van der Waals surface area contributed by atoms with Gasteiger partial charge in [0.05, 0.1) is 11.2 Å². The van der Waals surface area contributed by atoms with Gasteiger partial charge in [-0.3, -0.25) is 0 Å². The van der Waals surface area contributed by atoms with Gasteiger partial charge >= 0.3 is 0 Å². The number of aliphatic hydroxyl groups is 2. The number of aromatic nitrogens is 4. The summed E-state index contributed by atoms with van der Waals surface area (Å²) in [5.41, 5.74) is -0.219. The van der Waals surface area contributed by atoms with Crippen molar-refractivity contribution in [3.8, 4) is 11.3 Å². The van der Waals surface area contributed by atoms with Gasteiger partial charge in [0.1, 0.15) is 5.69 Å². The van der Waals surface area contributed by atoms with Gasteiger partial charge in [-0.25, -0.2) is 9.97 Å². The number of fused-ring (bicyclic) bond motifs is 1. The topological polar surface area (TPSA) is 95.3 Å². The molecule has 0 spiro atoms. The number of anilines is 1. The molecule has 1 aromatic carbocycles. The minimum Gasteiger partial charge on any atom is -0.389 e. The number of halogens is 2. The minimum atomic E-state index is -1.06. The van der Waals surface area contributed by atoms with Gasteiger partial charge in [0.2, 0.25) is 5.28 Å². The quantitative estimate of drug-likeness (QED) is 0.569. The highest BCUT2D eigenvalue weighted by molar-refractivity contribution is 6.32. The molecule has 0 aliphatic carbocycles. The first-order valence-electron chi connectivity index (χ1n) is 9.09. The number of nitrogens with zero attached hydrogens (tertiary/aromatic N) is 5. The predicted octanol–water partition coefficient (Wildman–Crippen LogP) is 3.74. The Bertz CT molecular complexity index is 1000. The fourth-order valence-corrected chi connectivity index (χ4v) is 3.42. The molecule has 0 saturated carbocycles. The van der Waals surface area contributed by atoms with Crippen LogP contribution in [-0.4, -0.2) is 54.4 Å². The summed E-state index contributed by atoms with van der Waals surface area (Å²) in [6.45, 7) is 7.07. The summed E-state index contributed by atoms with van der Waals surface area (Å²) in [6.07, 6.45) is 0. The van der Waals surface area contributed by atoms with E-state index < -0.39 is 11.2 Å². The lowest BCUT2D eigenvalue weighted by molar-refractivity contribution is 0.0655. The second-order valence-electron chi connectivity index (χ2n) is 8.20. The van der Waals surface area contributed by atoms with Gasteiger partial charge in [-0.15, -0.1) is 0 Å². The Labute approximate surface area is 179 Å². The Kier molecular flexibility index (Phi) is 5.96. The van der Waals surface area contributed by atoms with E-state index in [-0.39, 0.29) is 29.2 Å². The molecule has 0 aliphatic rings. The summed E-state index contributed by atoms with van der Waals surface area (Å²) in [6, 6.07) is 9.42. The summed E-state index contributed by atoms with van der Waals surface area (Å²) in [5, 5.41) is 21.0. The van der Waals surface area contributed by atoms with E-state index in [0.717, 1.165) is 5.56 Å². The van der Waals surface area contributed by atoms with Crippen molar-refractivity contribution in [1.29, 1.82) is 0 Å². The molecule has 0 saturated heterocycles. The van der Waals surface area contributed by atoms with Gasteiger partial charge in [-0.2, -0.15) is 9.97 Å². The van der Waals surface area contributed by atoms with Crippen molar-refractivity contribution in [3.05, 3.63) is 40.8 Å². The van der Waals surface area contributed by atoms with E-state index in [2.05, 4.69) is 19.9 Å². The van der Waals surface area contributed by atoms with Crippen molar-refractivity contribution in [2.75, 3.05) is 18.0 Å². The third-order valence-electron chi connectivity index (χ3n) is 3.95. The molecule has 9 heteroatoms. The molecular formula is C20H23Cl2N5O2. The summed E-state index contributed by atoms with van der Waals surface area (Å²) < 4.78 is 0. The Hall–Kier alpha value is -2.06. The average Bonchev–Trinajstić information content (AvgIpc) is 2.58. The number of benzene rings is 1. The maximum atomic E-state index is 10.4. The summed E-state index contributed by atoms with van der Waals surface area (Å²) in [5.74, 6) is 0.366. The van der Waals surface area contributed by atoms with Crippen molar-refractivity contribution >= 4 is 40.2 Å². The van der Waals surface area contributed by atoms with Crippen LogP contribution in [0.2, 0.25) is 10.4 Å². The highest BCUT2D eigenvalue weighted by atomic mass is 35.5. The van der Waals surface area contributed by atoms with Crippen LogP contribution in [0.3, 0.4) is 0 Å². The molecule has 7 nitrogen and oxygen atoms in total. The number of rotatable bonds is 6. The van der Waals surface area contributed by atoms with Gasteiger partial charge in [0, 0.05) is 18.7 Å². The molecule has 2 aromatic heterocycles. The molecule has 154 valence electrons. The molecule has 0 atom stereocenters. The largest absolute Gasteiger partial charge is 0.389 e. The van der Waals surface area contributed by atoms with Crippen LogP contribution in [0.1, 0.15) is 27.7 Å². The van der Waals surface area contributed by atoms with Crippen molar-refractivity contribution in [3.63, 3.8) is 0 Å². The third-order valence-corrected chi connectivity index (χ3v) is 4.38. The molecule has 2 N–H and O–H groups in total. The van der Waals surface area contributed by atoms with Crippen LogP contribution in [0.25, 0.3) is 22.4 Å². The zero-order valence-corrected chi connectivity index (χ0v) is 18.2. The second-order valence-corrected chi connectivity index (χ2v) is 8.89. The van der Waals surface area contributed by atoms with Crippen molar-refractivity contribution in [1.82, 2.24) is 19.9 Å². The fourth-order valence-electron chi connectivity index (χ4n) is 3.03. The van der Waals surface area contributed by atoms with Gasteiger partial charge < -0.3 is 15.1 Å². The molecule has 0 amide bonds. The lowest BCUT2D eigenvalue weighted by Crippen LogP contribution is -2.46. The van der Waals surface area contributed by atoms with Crippen LogP contribution in [0.5, 0.6) is 0 Å². The first-order chi connectivity index (χ1) is 13.4. The Morgan fingerprint density at radius 3 is 2.00 bits per heavy atom. The van der Waals surface area contributed by atoms with E-state index in [1.165, 1.54) is 0 Å². The summed E-state index contributed by atoms with van der Waals surface area (Å²) in [7, 11) is 0. The fraction of sp³-hybridized carbons (Fsp3) is 0.400. The van der Waals surface area contributed by atoms with Crippen LogP contribution >= 0.6 is 23.2 Å². The minimum absolute atomic E-state index is 0.0261. The van der Waals surface area contributed by atoms with Crippen LogP contribution < -0.4 is 4.90 Å². The van der Waals surface area contributed by atoms with E-state index in [1.54, 1.807) is 32.6 Å². The van der Waals surface area contributed by atoms with E-state index in [0.29, 0.717) is 17.0 Å². The second kappa shape index (κ2) is 7.99. The Morgan fingerprint density at radius 2 is 1.45 bits per heavy atom. The molecule has 0 bridgehead atoms. The molecule has 0 radical (unpaired) electrons. The normalized spacial score (nSPS) is 12.4. The molecule has 3 aromatic rings. The average molecular weight is 436 g/mol. The van der Waals surface area contributed by atoms with Gasteiger partial charge in [0.15, 0.2) is 22.1 Å². The summed E-state index contributed by atoms with van der Waals surface area (Å²) in [4.78, 5) is 19.3. The standard InChI is InChI=1S/C20H23Cl2N5O2/c1-19(2,28)10-27(11-20(3,4)29)17-14-16(25-18(22)26-17)24-15(21)13(23-14)12-8-6-5-7-9-12/h5-9,28-29H,10-11H2,1-4H3. The summed E-state index contributed by atoms with van der Waals surface area (Å²) >= 11 is 12.5. The molecule has 0 unspecified atom stereocenters. The maximum Gasteiger partial charge on any atom is 0.226 e. The lowest BCUT2D eigenvalue weighted by atomic mass is 10.1. The van der Waals surface area contributed by atoms with Crippen LogP contribution in [-0.2, 0) is 0 Å². The predicted molar refractivity (Wildman–Crippen MR) is 115 cm³/mol. The van der Waals surface area contributed by atoms with Crippen LogP contribution in [0.4, 0.5) is 5.82 Å². The molecular weight excluding hydrogens is 413 g/mol. The van der Waals surface area contributed by atoms with E-state index in [1.807, 2.05) is 30.3 Å². The van der Waals surface area contributed by atoms with Gasteiger partial charge in [-0.05, 0) is 39.3 Å². The Balaban J connectivity index is 2.23. The van der Waals surface area contributed by atoms with E-state index in [4.69, 9.17) is 23.2 Å². The molecule has 3 rings (SSSR count). The van der Waals surface area contributed by atoms with Crippen LogP contribution in [0, 0.1) is 0 Å². The Morgan fingerprint density at radius 1 is 0.862 bits per heavy atom. The van der Waals surface area contributed by atoms with Crippen molar-refractivity contribution in [2.24, 2.45) is 0 Å². The molecule has 2 heterocycles. The smallest absolute Gasteiger partial charge is 0.226 e. The highest BCUT2D eigenvalue weighted by Gasteiger charge is 2.28. The number of hydrogen-bond acceptors (Lipinski definition) is 7. The molecule has 29 heavy (non-hydrogen) atoms. The molecule has 0 fully saturated rings. The highest BCUT2D eigenvalue weighted by Crippen LogP contribution is 2.31.